The van der Waals surface area contributed by atoms with E-state index in [-0.39, 0.29) is 5.56 Å². The Balaban J connectivity index is 1.90. The molecule has 7 heteroatoms. The van der Waals surface area contributed by atoms with Crippen LogP contribution >= 0.6 is 0 Å². The highest BCUT2D eigenvalue weighted by Crippen LogP contribution is 2.44. The molecule has 0 fully saturated rings. The van der Waals surface area contributed by atoms with Gasteiger partial charge in [-0.1, -0.05) is 24.3 Å². The van der Waals surface area contributed by atoms with Crippen LogP contribution in [0.25, 0.3) is 11.0 Å². The van der Waals surface area contributed by atoms with Crippen LogP contribution in [0.15, 0.2) is 57.7 Å². The number of fused-ring (bicyclic) bond motifs is 3. The van der Waals surface area contributed by atoms with Crippen molar-refractivity contribution in [2.75, 3.05) is 14.2 Å². The molecule has 0 saturated heterocycles. The second kappa shape index (κ2) is 6.84. The Morgan fingerprint density at radius 3 is 2.36 bits per heavy atom. The summed E-state index contributed by atoms with van der Waals surface area (Å²) in [6.07, 6.45) is -1.04. The first kappa shape index (κ1) is 17.8. The van der Waals surface area contributed by atoms with Crippen LogP contribution in [0.2, 0.25) is 0 Å². The van der Waals surface area contributed by atoms with Gasteiger partial charge >= 0.3 is 17.6 Å². The molecule has 0 amide bonds. The third-order valence-corrected chi connectivity index (χ3v) is 4.78. The summed E-state index contributed by atoms with van der Waals surface area (Å²) >= 11 is 0. The molecule has 28 heavy (non-hydrogen) atoms. The topological polar surface area (TPSA) is 92.0 Å². The number of rotatable bonds is 3. The Hall–Kier alpha value is -3.61. The molecule has 1 aliphatic rings. The van der Waals surface area contributed by atoms with Crippen LogP contribution in [-0.4, -0.2) is 32.3 Å². The molecule has 1 aromatic heterocycles. The molecule has 3 aromatic rings. The SMILES string of the molecule is COC(=O)c1ccc([C@H]2c3c(c4ccccc4oc3=O)O[C@H]2C(=O)OC)cc1. The van der Waals surface area contributed by atoms with Crippen molar-refractivity contribution in [3.63, 3.8) is 0 Å². The van der Waals surface area contributed by atoms with Crippen LogP contribution in [0.1, 0.15) is 27.4 Å². The Morgan fingerprint density at radius 2 is 1.68 bits per heavy atom. The van der Waals surface area contributed by atoms with Gasteiger partial charge in [0, 0.05) is 0 Å². The largest absolute Gasteiger partial charge is 0.476 e. The van der Waals surface area contributed by atoms with Gasteiger partial charge in [-0.25, -0.2) is 14.4 Å². The predicted octanol–water partition coefficient (Wildman–Crippen LogP) is 2.65. The third-order valence-electron chi connectivity index (χ3n) is 4.78. The number of methoxy groups -OCH3 is 2. The molecular weight excluding hydrogens is 364 g/mol. The second-order valence-corrected chi connectivity index (χ2v) is 6.28. The van der Waals surface area contributed by atoms with Crippen molar-refractivity contribution in [1.29, 1.82) is 0 Å². The zero-order valence-corrected chi connectivity index (χ0v) is 15.1. The van der Waals surface area contributed by atoms with E-state index < -0.39 is 29.6 Å². The standard InChI is InChI=1S/C21H16O7/c1-25-19(22)12-9-7-11(8-10-12)15-16-17(28-18(15)21(24)26-2)13-5-3-4-6-14(13)27-20(16)23/h3-10,15,18H,1-2H3/t15-,18+/m0/s1. The van der Waals surface area contributed by atoms with Gasteiger partial charge < -0.3 is 18.6 Å². The summed E-state index contributed by atoms with van der Waals surface area (Å²) in [4.78, 5) is 36.8. The molecule has 2 aromatic carbocycles. The number of hydrogen-bond donors (Lipinski definition) is 0. The van der Waals surface area contributed by atoms with E-state index in [1.807, 2.05) is 0 Å². The van der Waals surface area contributed by atoms with Gasteiger partial charge in [-0.15, -0.1) is 0 Å². The first-order valence-electron chi connectivity index (χ1n) is 8.53. The maximum Gasteiger partial charge on any atom is 0.348 e. The maximum absolute atomic E-state index is 12.7. The van der Waals surface area contributed by atoms with Crippen molar-refractivity contribution >= 4 is 22.9 Å². The van der Waals surface area contributed by atoms with Crippen molar-refractivity contribution in [1.82, 2.24) is 0 Å². The lowest BCUT2D eigenvalue weighted by atomic mass is 9.88. The van der Waals surface area contributed by atoms with Crippen LogP contribution in [0, 0.1) is 0 Å². The molecule has 7 nitrogen and oxygen atoms in total. The Morgan fingerprint density at radius 1 is 0.964 bits per heavy atom. The average molecular weight is 380 g/mol. The lowest BCUT2D eigenvalue weighted by Crippen LogP contribution is -2.31. The van der Waals surface area contributed by atoms with Gasteiger partial charge in [-0.2, -0.15) is 0 Å². The second-order valence-electron chi connectivity index (χ2n) is 6.28. The molecule has 0 saturated carbocycles. The predicted molar refractivity (Wildman–Crippen MR) is 98.5 cm³/mol. The summed E-state index contributed by atoms with van der Waals surface area (Å²) in [6, 6.07) is 13.4. The number of hydrogen-bond acceptors (Lipinski definition) is 7. The minimum Gasteiger partial charge on any atom is -0.476 e. The number of esters is 2. The fourth-order valence-corrected chi connectivity index (χ4v) is 3.46. The summed E-state index contributed by atoms with van der Waals surface area (Å²) < 4.78 is 20.9. The number of ether oxygens (including phenoxy) is 3. The summed E-state index contributed by atoms with van der Waals surface area (Å²) in [5.74, 6) is -1.51. The van der Waals surface area contributed by atoms with E-state index in [0.717, 1.165) is 0 Å². The Kier molecular flexibility index (Phi) is 4.35. The molecule has 142 valence electrons. The lowest BCUT2D eigenvalue weighted by Gasteiger charge is -2.17. The highest BCUT2D eigenvalue weighted by atomic mass is 16.6. The van der Waals surface area contributed by atoms with Crippen LogP contribution in [0.3, 0.4) is 0 Å². The molecule has 2 atom stereocenters. The first-order chi connectivity index (χ1) is 13.5. The van der Waals surface area contributed by atoms with Crippen LogP contribution in [0.4, 0.5) is 0 Å². The zero-order chi connectivity index (χ0) is 19.8. The molecule has 0 bridgehead atoms. The van der Waals surface area contributed by atoms with Crippen LogP contribution < -0.4 is 10.4 Å². The lowest BCUT2D eigenvalue weighted by molar-refractivity contribution is -0.148. The van der Waals surface area contributed by atoms with E-state index in [0.29, 0.717) is 27.8 Å². The van der Waals surface area contributed by atoms with E-state index >= 15 is 0 Å². The fourth-order valence-electron chi connectivity index (χ4n) is 3.46. The third kappa shape index (κ3) is 2.72. The van der Waals surface area contributed by atoms with Gasteiger partial charge in [0.2, 0.25) is 6.10 Å². The van der Waals surface area contributed by atoms with E-state index in [2.05, 4.69) is 0 Å². The minimum atomic E-state index is -1.04. The minimum absolute atomic E-state index is 0.250. The monoisotopic (exact) mass is 380 g/mol. The summed E-state index contributed by atoms with van der Waals surface area (Å²) in [5.41, 5.74) is 1.01. The molecule has 1 aliphatic heterocycles. The highest BCUT2D eigenvalue weighted by molar-refractivity contribution is 5.90. The average Bonchev–Trinajstić information content (AvgIpc) is 3.14. The van der Waals surface area contributed by atoms with Crippen molar-refractivity contribution < 1.29 is 28.2 Å². The molecular formula is C21H16O7. The number of benzene rings is 2. The smallest absolute Gasteiger partial charge is 0.348 e. The van der Waals surface area contributed by atoms with Gasteiger partial charge in [0.05, 0.1) is 36.7 Å². The molecule has 0 radical (unpaired) electrons. The molecule has 2 heterocycles. The van der Waals surface area contributed by atoms with Gasteiger partial charge in [0.1, 0.15) is 11.3 Å². The van der Waals surface area contributed by atoms with Crippen LogP contribution in [0.5, 0.6) is 5.75 Å². The summed E-state index contributed by atoms with van der Waals surface area (Å²) in [7, 11) is 2.55. The molecule has 0 aliphatic carbocycles. The van der Waals surface area contributed by atoms with Crippen LogP contribution in [-0.2, 0) is 14.3 Å². The Labute approximate surface area is 159 Å². The van der Waals surface area contributed by atoms with Crippen molar-refractivity contribution in [3.05, 3.63) is 75.6 Å². The molecule has 4 rings (SSSR count). The van der Waals surface area contributed by atoms with Crippen molar-refractivity contribution in [2.45, 2.75) is 12.0 Å². The van der Waals surface area contributed by atoms with E-state index in [1.165, 1.54) is 14.2 Å². The number of para-hydroxylation sites is 1. The zero-order valence-electron chi connectivity index (χ0n) is 15.1. The number of carbonyl (C=O) groups is 2. The Bertz CT molecular complexity index is 1130. The quantitative estimate of drug-likeness (QED) is 0.509. The molecule has 0 unspecified atom stereocenters. The summed E-state index contributed by atoms with van der Waals surface area (Å²) in [6.45, 7) is 0. The van der Waals surface area contributed by atoms with E-state index in [4.69, 9.17) is 18.6 Å². The first-order valence-corrected chi connectivity index (χ1v) is 8.53. The molecule has 0 spiro atoms. The fraction of sp³-hybridized carbons (Fsp3) is 0.190. The van der Waals surface area contributed by atoms with Gasteiger partial charge in [-0.05, 0) is 29.8 Å². The normalized spacial score (nSPS) is 17.6. The van der Waals surface area contributed by atoms with Crippen molar-refractivity contribution in [3.8, 4) is 5.75 Å². The molecule has 0 N–H and O–H groups in total. The van der Waals surface area contributed by atoms with E-state index in [1.54, 1.807) is 48.5 Å². The van der Waals surface area contributed by atoms with Gasteiger partial charge in [-0.3, -0.25) is 0 Å². The van der Waals surface area contributed by atoms with Crippen molar-refractivity contribution in [2.24, 2.45) is 0 Å². The maximum atomic E-state index is 12.7. The number of carbonyl (C=O) groups excluding carboxylic acids is 2. The van der Waals surface area contributed by atoms with E-state index in [9.17, 15) is 14.4 Å². The highest BCUT2D eigenvalue weighted by Gasteiger charge is 2.44. The summed E-state index contributed by atoms with van der Waals surface area (Å²) in [5, 5.41) is 0.597. The van der Waals surface area contributed by atoms with Gasteiger partial charge in [0.15, 0.2) is 0 Å². The van der Waals surface area contributed by atoms with Gasteiger partial charge in [0.25, 0.3) is 0 Å².